The molecule has 0 aliphatic carbocycles. The van der Waals surface area contributed by atoms with Gasteiger partial charge < -0.3 is 5.11 Å². The molecule has 0 amide bonds. The van der Waals surface area contributed by atoms with Crippen LogP contribution in [0.2, 0.25) is 0 Å². The number of aromatic carboxylic acids is 1. The van der Waals surface area contributed by atoms with Crippen molar-refractivity contribution >= 4 is 16.8 Å². The Morgan fingerprint density at radius 2 is 2.18 bits per heavy atom. The number of benzene rings is 1. The van der Waals surface area contributed by atoms with Crippen LogP contribution in [0.1, 0.15) is 29.6 Å². The Kier molecular flexibility index (Phi) is 5.37. The summed E-state index contributed by atoms with van der Waals surface area (Å²) in [5.74, 6) is -0.557. The quantitative estimate of drug-likeness (QED) is 0.786. The fourth-order valence-electron chi connectivity index (χ4n) is 1.33. The van der Waals surface area contributed by atoms with E-state index in [0.29, 0.717) is 23.5 Å². The van der Waals surface area contributed by atoms with Crippen LogP contribution in [0.3, 0.4) is 0 Å². The zero-order chi connectivity index (χ0) is 12.7. The van der Waals surface area contributed by atoms with Gasteiger partial charge in [-0.2, -0.15) is 5.26 Å². The zero-order valence-corrected chi connectivity index (χ0v) is 10.1. The third-order valence-corrected chi connectivity index (χ3v) is 3.65. The standard InChI is InChI=1S/C12H13NO3S/c13-7-2-1-3-8-17(16)11-6-4-5-10(9-11)12(14)15/h4-6,9H,1-3,8H2,(H,14,15). The number of carboxylic acids is 1. The molecule has 0 radical (unpaired) electrons. The highest BCUT2D eigenvalue weighted by Crippen LogP contribution is 2.11. The van der Waals surface area contributed by atoms with Crippen LogP contribution in [0.25, 0.3) is 0 Å². The lowest BCUT2D eigenvalue weighted by Crippen LogP contribution is -2.01. The van der Waals surface area contributed by atoms with Crippen molar-refractivity contribution in [2.45, 2.75) is 24.2 Å². The molecule has 17 heavy (non-hydrogen) atoms. The molecule has 1 rings (SSSR count). The second-order valence-corrected chi connectivity index (χ2v) is 5.07. The summed E-state index contributed by atoms with van der Waals surface area (Å²) in [6.07, 6.45) is 1.89. The molecule has 1 N–H and O–H groups in total. The van der Waals surface area contributed by atoms with Gasteiger partial charge in [0.25, 0.3) is 0 Å². The largest absolute Gasteiger partial charge is 0.478 e. The Balaban J connectivity index is 2.60. The van der Waals surface area contributed by atoms with Crippen molar-refractivity contribution in [1.29, 1.82) is 5.26 Å². The van der Waals surface area contributed by atoms with E-state index in [1.807, 2.05) is 6.07 Å². The summed E-state index contributed by atoms with van der Waals surface area (Å²) >= 11 is 0. The van der Waals surface area contributed by atoms with Crippen LogP contribution >= 0.6 is 0 Å². The maximum absolute atomic E-state index is 11.8. The van der Waals surface area contributed by atoms with Gasteiger partial charge in [0.2, 0.25) is 0 Å². The van der Waals surface area contributed by atoms with Crippen LogP contribution in [0.15, 0.2) is 29.2 Å². The molecule has 90 valence electrons. The third-order valence-electron chi connectivity index (χ3n) is 2.21. The Hall–Kier alpha value is -1.67. The van der Waals surface area contributed by atoms with Crippen molar-refractivity contribution in [3.8, 4) is 6.07 Å². The van der Waals surface area contributed by atoms with E-state index in [0.717, 1.165) is 6.42 Å². The molecule has 1 aromatic rings. The summed E-state index contributed by atoms with van der Waals surface area (Å²) in [5.41, 5.74) is 0.146. The normalized spacial score (nSPS) is 11.7. The van der Waals surface area contributed by atoms with E-state index in [1.54, 1.807) is 12.1 Å². The lowest BCUT2D eigenvalue weighted by Gasteiger charge is -2.02. The lowest BCUT2D eigenvalue weighted by molar-refractivity contribution is 0.0696. The minimum absolute atomic E-state index is 0.146. The molecule has 0 heterocycles. The average Bonchev–Trinajstić information content (AvgIpc) is 2.34. The summed E-state index contributed by atoms with van der Waals surface area (Å²) in [5, 5.41) is 17.2. The number of nitriles is 1. The van der Waals surface area contributed by atoms with E-state index >= 15 is 0 Å². The van der Waals surface area contributed by atoms with Crippen molar-refractivity contribution in [3.63, 3.8) is 0 Å². The molecular weight excluding hydrogens is 238 g/mol. The first-order valence-corrected chi connectivity index (χ1v) is 6.55. The van der Waals surface area contributed by atoms with Gasteiger partial charge in [0.1, 0.15) is 0 Å². The van der Waals surface area contributed by atoms with Gasteiger partial charge in [-0.25, -0.2) is 4.79 Å². The summed E-state index contributed by atoms with van der Waals surface area (Å²) in [7, 11) is -1.19. The number of hydrogen-bond donors (Lipinski definition) is 1. The molecule has 0 bridgehead atoms. The van der Waals surface area contributed by atoms with Crippen molar-refractivity contribution in [2.75, 3.05) is 5.75 Å². The molecular formula is C12H13NO3S. The highest BCUT2D eigenvalue weighted by atomic mass is 32.2. The van der Waals surface area contributed by atoms with E-state index in [4.69, 9.17) is 10.4 Å². The first kappa shape index (κ1) is 13.4. The SMILES string of the molecule is N#CCCCCS(=O)c1cccc(C(=O)O)c1. The van der Waals surface area contributed by atoms with Crippen LogP contribution in [-0.2, 0) is 10.8 Å². The molecule has 0 spiro atoms. The molecule has 0 aliphatic rings. The van der Waals surface area contributed by atoms with Gasteiger partial charge in [-0.15, -0.1) is 0 Å². The second-order valence-electron chi connectivity index (χ2n) is 3.50. The number of hydrogen-bond acceptors (Lipinski definition) is 3. The smallest absolute Gasteiger partial charge is 0.335 e. The van der Waals surface area contributed by atoms with Gasteiger partial charge in [-0.1, -0.05) is 6.07 Å². The minimum Gasteiger partial charge on any atom is -0.478 e. The highest BCUT2D eigenvalue weighted by Gasteiger charge is 2.07. The van der Waals surface area contributed by atoms with Gasteiger partial charge in [0.05, 0.1) is 22.4 Å². The van der Waals surface area contributed by atoms with E-state index < -0.39 is 16.8 Å². The van der Waals surface area contributed by atoms with E-state index in [2.05, 4.69) is 0 Å². The van der Waals surface area contributed by atoms with Crippen LogP contribution < -0.4 is 0 Å². The third kappa shape index (κ3) is 4.37. The second kappa shape index (κ2) is 6.81. The van der Waals surface area contributed by atoms with E-state index in [1.165, 1.54) is 12.1 Å². The zero-order valence-electron chi connectivity index (χ0n) is 9.26. The number of nitrogens with zero attached hydrogens (tertiary/aromatic N) is 1. The number of carboxylic acid groups (broad SMARTS) is 1. The molecule has 5 heteroatoms. The number of carbonyl (C=O) groups is 1. The van der Waals surface area contributed by atoms with Gasteiger partial charge in [0.15, 0.2) is 0 Å². The monoisotopic (exact) mass is 251 g/mol. The first-order valence-electron chi connectivity index (χ1n) is 5.24. The Labute approximate surface area is 102 Å². The summed E-state index contributed by atoms with van der Waals surface area (Å²) in [6, 6.07) is 8.18. The molecule has 0 aliphatic heterocycles. The van der Waals surface area contributed by atoms with Crippen LogP contribution in [-0.4, -0.2) is 21.0 Å². The maximum atomic E-state index is 11.8. The molecule has 4 nitrogen and oxygen atoms in total. The maximum Gasteiger partial charge on any atom is 0.335 e. The first-order chi connectivity index (χ1) is 8.15. The summed E-state index contributed by atoms with van der Waals surface area (Å²) in [6.45, 7) is 0. The average molecular weight is 251 g/mol. The Morgan fingerprint density at radius 1 is 1.41 bits per heavy atom. The number of rotatable bonds is 6. The van der Waals surface area contributed by atoms with Crippen molar-refractivity contribution in [3.05, 3.63) is 29.8 Å². The highest BCUT2D eigenvalue weighted by molar-refractivity contribution is 7.85. The van der Waals surface area contributed by atoms with Crippen molar-refractivity contribution in [1.82, 2.24) is 0 Å². The fourth-order valence-corrected chi connectivity index (χ4v) is 2.52. The number of unbranched alkanes of at least 4 members (excludes halogenated alkanes) is 2. The Bertz CT molecular complexity index is 465. The lowest BCUT2D eigenvalue weighted by atomic mass is 10.2. The summed E-state index contributed by atoms with van der Waals surface area (Å²) < 4.78 is 11.8. The van der Waals surface area contributed by atoms with Crippen LogP contribution in [0.5, 0.6) is 0 Å². The predicted molar refractivity (Wildman–Crippen MR) is 64.1 cm³/mol. The van der Waals surface area contributed by atoms with Crippen molar-refractivity contribution < 1.29 is 14.1 Å². The van der Waals surface area contributed by atoms with Gasteiger partial charge in [-0.3, -0.25) is 4.21 Å². The topological polar surface area (TPSA) is 78.2 Å². The van der Waals surface area contributed by atoms with Crippen molar-refractivity contribution in [2.24, 2.45) is 0 Å². The predicted octanol–water partition coefficient (Wildman–Crippen LogP) is 2.19. The van der Waals surface area contributed by atoms with E-state index in [9.17, 15) is 9.00 Å². The van der Waals surface area contributed by atoms with E-state index in [-0.39, 0.29) is 5.56 Å². The molecule has 0 fully saturated rings. The minimum atomic E-state index is -1.19. The molecule has 0 saturated carbocycles. The molecule has 1 unspecified atom stereocenters. The van der Waals surface area contributed by atoms with Crippen LogP contribution in [0, 0.1) is 11.3 Å². The van der Waals surface area contributed by atoms with Crippen LogP contribution in [0.4, 0.5) is 0 Å². The Morgan fingerprint density at radius 3 is 2.82 bits per heavy atom. The molecule has 1 atom stereocenters. The van der Waals surface area contributed by atoms with Gasteiger partial charge in [-0.05, 0) is 31.0 Å². The molecule has 1 aromatic carbocycles. The molecule has 0 aromatic heterocycles. The fraction of sp³-hybridized carbons (Fsp3) is 0.333. The summed E-state index contributed by atoms with van der Waals surface area (Å²) in [4.78, 5) is 11.3. The molecule has 0 saturated heterocycles. The van der Waals surface area contributed by atoms with Gasteiger partial charge >= 0.3 is 5.97 Å². The van der Waals surface area contributed by atoms with Gasteiger partial charge in [0, 0.05) is 17.1 Å².